The number of carbonyl (C=O) groups is 3. The number of imide groups is 2. The Labute approximate surface area is 184 Å². The van der Waals surface area contributed by atoms with Crippen molar-refractivity contribution in [3.8, 4) is 11.5 Å². The van der Waals surface area contributed by atoms with Crippen molar-refractivity contribution in [3.05, 3.63) is 57.0 Å². The van der Waals surface area contributed by atoms with Crippen LogP contribution >= 0.6 is 27.5 Å². The van der Waals surface area contributed by atoms with Gasteiger partial charge in [-0.1, -0.05) is 11.6 Å². The summed E-state index contributed by atoms with van der Waals surface area (Å²) in [5.41, 5.74) is -0.00405. The van der Waals surface area contributed by atoms with Gasteiger partial charge in [-0.05, 0) is 64.0 Å². The molecule has 30 heavy (non-hydrogen) atoms. The normalized spacial score (nSPS) is 14.1. The monoisotopic (exact) mass is 514 g/mol. The van der Waals surface area contributed by atoms with E-state index in [4.69, 9.17) is 20.5 Å². The molecule has 1 fully saturated rings. The summed E-state index contributed by atoms with van der Waals surface area (Å²) in [5.74, 6) is -1.86. The number of amides is 4. The van der Waals surface area contributed by atoms with E-state index in [9.17, 15) is 22.8 Å². The number of barbiturate groups is 1. The largest absolute Gasteiger partial charge is 0.493 e. The van der Waals surface area contributed by atoms with Gasteiger partial charge in [0, 0.05) is 5.02 Å². The standard InChI is InChI=1S/C18H12BrClN2O7S/c1-28-14-8-9(6-12-16(23)21-18(25)22-17(12)24)7-13(19)15(14)29-30(26,27)11-4-2-10(20)3-5-11/h2-8H,1H3,(H2,21,22,23,24,25). The van der Waals surface area contributed by atoms with Gasteiger partial charge < -0.3 is 8.92 Å². The highest BCUT2D eigenvalue weighted by atomic mass is 79.9. The smallest absolute Gasteiger partial charge is 0.339 e. The number of hydrogen-bond donors (Lipinski definition) is 2. The molecule has 0 aromatic heterocycles. The predicted octanol–water partition coefficient (Wildman–Crippen LogP) is 2.63. The van der Waals surface area contributed by atoms with Gasteiger partial charge in [-0.15, -0.1) is 0 Å². The van der Waals surface area contributed by atoms with Crippen molar-refractivity contribution < 1.29 is 31.7 Å². The third-order valence-corrected chi connectivity index (χ3v) is 5.88. The number of hydrogen-bond acceptors (Lipinski definition) is 7. The van der Waals surface area contributed by atoms with E-state index in [1.165, 1.54) is 49.6 Å². The number of benzene rings is 2. The summed E-state index contributed by atoms with van der Waals surface area (Å²) in [6, 6.07) is 7.25. The van der Waals surface area contributed by atoms with Crippen LogP contribution in [0, 0.1) is 0 Å². The van der Waals surface area contributed by atoms with Crippen molar-refractivity contribution in [2.24, 2.45) is 0 Å². The molecule has 2 aromatic carbocycles. The maximum Gasteiger partial charge on any atom is 0.339 e. The molecule has 0 bridgehead atoms. The van der Waals surface area contributed by atoms with Crippen molar-refractivity contribution in [2.75, 3.05) is 7.11 Å². The van der Waals surface area contributed by atoms with Gasteiger partial charge in [0.15, 0.2) is 11.5 Å². The summed E-state index contributed by atoms with van der Waals surface area (Å²) in [6.07, 6.45) is 1.21. The lowest BCUT2D eigenvalue weighted by atomic mass is 10.1. The first kappa shape index (κ1) is 21.8. The van der Waals surface area contributed by atoms with Gasteiger partial charge >= 0.3 is 16.1 Å². The zero-order valence-electron chi connectivity index (χ0n) is 15.1. The molecule has 1 heterocycles. The van der Waals surface area contributed by atoms with Crippen LogP contribution in [-0.4, -0.2) is 33.4 Å². The van der Waals surface area contributed by atoms with Crippen molar-refractivity contribution in [3.63, 3.8) is 0 Å². The third kappa shape index (κ3) is 4.64. The first-order chi connectivity index (χ1) is 14.1. The quantitative estimate of drug-likeness (QED) is 0.356. The summed E-state index contributed by atoms with van der Waals surface area (Å²) in [5, 5.41) is 4.27. The first-order valence-corrected chi connectivity index (χ1v) is 10.6. The molecule has 0 radical (unpaired) electrons. The molecule has 0 atom stereocenters. The van der Waals surface area contributed by atoms with Gasteiger partial charge in [-0.25, -0.2) is 4.79 Å². The first-order valence-electron chi connectivity index (χ1n) is 8.06. The molecule has 2 aromatic rings. The molecule has 3 rings (SSSR count). The van der Waals surface area contributed by atoms with Crippen LogP contribution in [0.2, 0.25) is 5.02 Å². The highest BCUT2D eigenvalue weighted by Crippen LogP contribution is 2.39. The van der Waals surface area contributed by atoms with Crippen LogP contribution in [0.4, 0.5) is 4.79 Å². The fraction of sp³-hybridized carbons (Fsp3) is 0.0556. The Morgan fingerprint density at radius 3 is 2.20 bits per heavy atom. The lowest BCUT2D eigenvalue weighted by molar-refractivity contribution is -0.123. The molecular formula is C18H12BrClN2O7S. The van der Waals surface area contributed by atoms with Gasteiger partial charge in [0.2, 0.25) is 0 Å². The average Bonchev–Trinajstić information content (AvgIpc) is 2.66. The van der Waals surface area contributed by atoms with Crippen LogP contribution in [0.1, 0.15) is 5.56 Å². The number of halogens is 2. The third-order valence-electron chi connectivity index (χ3n) is 3.80. The second-order valence-electron chi connectivity index (χ2n) is 5.82. The zero-order chi connectivity index (χ0) is 22.1. The number of ether oxygens (including phenoxy) is 1. The summed E-state index contributed by atoms with van der Waals surface area (Å²) in [6.45, 7) is 0. The molecule has 0 aliphatic carbocycles. The van der Waals surface area contributed by atoms with Crippen molar-refractivity contribution >= 4 is 61.6 Å². The fourth-order valence-corrected chi connectivity index (χ4v) is 4.17. The second kappa shape index (κ2) is 8.46. The molecule has 2 N–H and O–H groups in total. The molecule has 1 saturated heterocycles. The molecular weight excluding hydrogens is 504 g/mol. The van der Waals surface area contributed by atoms with Crippen LogP contribution in [0.3, 0.4) is 0 Å². The Morgan fingerprint density at radius 1 is 1.03 bits per heavy atom. The van der Waals surface area contributed by atoms with Crippen LogP contribution in [0.15, 0.2) is 51.3 Å². The fourth-order valence-electron chi connectivity index (χ4n) is 2.44. The number of urea groups is 1. The van der Waals surface area contributed by atoms with E-state index in [1.54, 1.807) is 0 Å². The molecule has 0 unspecified atom stereocenters. The van der Waals surface area contributed by atoms with Crippen LogP contribution in [-0.2, 0) is 19.7 Å². The van der Waals surface area contributed by atoms with E-state index in [2.05, 4.69) is 15.9 Å². The molecule has 1 aliphatic heterocycles. The minimum atomic E-state index is -4.20. The molecule has 12 heteroatoms. The minimum Gasteiger partial charge on any atom is -0.493 e. The van der Waals surface area contributed by atoms with Gasteiger partial charge in [0.05, 0.1) is 11.6 Å². The molecule has 4 amide bonds. The van der Waals surface area contributed by atoms with E-state index in [1.807, 2.05) is 10.6 Å². The Balaban J connectivity index is 1.98. The summed E-state index contributed by atoms with van der Waals surface area (Å²) >= 11 is 8.98. The molecule has 0 saturated carbocycles. The summed E-state index contributed by atoms with van der Waals surface area (Å²) in [4.78, 5) is 34.8. The predicted molar refractivity (Wildman–Crippen MR) is 110 cm³/mol. The van der Waals surface area contributed by atoms with Crippen LogP contribution in [0.25, 0.3) is 6.08 Å². The number of carbonyl (C=O) groups excluding carboxylic acids is 3. The van der Waals surface area contributed by atoms with Gasteiger partial charge in [-0.3, -0.25) is 20.2 Å². The molecule has 156 valence electrons. The lowest BCUT2D eigenvalue weighted by Crippen LogP contribution is -2.51. The van der Waals surface area contributed by atoms with Crippen molar-refractivity contribution in [1.29, 1.82) is 0 Å². The van der Waals surface area contributed by atoms with Crippen LogP contribution < -0.4 is 19.6 Å². The second-order valence-corrected chi connectivity index (χ2v) is 8.66. The lowest BCUT2D eigenvalue weighted by Gasteiger charge is -2.15. The molecule has 0 spiro atoms. The Bertz CT molecular complexity index is 1170. The summed E-state index contributed by atoms with van der Waals surface area (Å²) < 4.78 is 35.7. The van der Waals surface area contributed by atoms with E-state index < -0.39 is 28.0 Å². The van der Waals surface area contributed by atoms with E-state index >= 15 is 0 Å². The molecule has 9 nitrogen and oxygen atoms in total. The number of methoxy groups -OCH3 is 1. The van der Waals surface area contributed by atoms with Gasteiger partial charge in [-0.2, -0.15) is 8.42 Å². The maximum absolute atomic E-state index is 12.6. The zero-order valence-corrected chi connectivity index (χ0v) is 18.2. The number of rotatable bonds is 5. The average molecular weight is 516 g/mol. The molecule has 1 aliphatic rings. The Hall–Kier alpha value is -2.89. The van der Waals surface area contributed by atoms with Crippen LogP contribution in [0.5, 0.6) is 11.5 Å². The maximum atomic E-state index is 12.6. The minimum absolute atomic E-state index is 0.0152. The number of nitrogens with one attached hydrogen (secondary N) is 2. The van der Waals surface area contributed by atoms with Gasteiger partial charge in [0.1, 0.15) is 10.5 Å². The Kier molecular flexibility index (Phi) is 6.15. The summed E-state index contributed by atoms with van der Waals surface area (Å²) in [7, 11) is -2.91. The highest BCUT2D eigenvalue weighted by molar-refractivity contribution is 9.10. The van der Waals surface area contributed by atoms with Crippen molar-refractivity contribution in [2.45, 2.75) is 4.90 Å². The van der Waals surface area contributed by atoms with E-state index in [0.29, 0.717) is 10.6 Å². The van der Waals surface area contributed by atoms with E-state index in [-0.39, 0.29) is 26.4 Å². The highest BCUT2D eigenvalue weighted by Gasteiger charge is 2.28. The Morgan fingerprint density at radius 2 is 1.63 bits per heavy atom. The van der Waals surface area contributed by atoms with Gasteiger partial charge in [0.25, 0.3) is 11.8 Å². The SMILES string of the molecule is COc1cc(C=C2C(=O)NC(=O)NC2=O)cc(Br)c1OS(=O)(=O)c1ccc(Cl)cc1. The van der Waals surface area contributed by atoms with E-state index in [0.717, 1.165) is 0 Å². The van der Waals surface area contributed by atoms with Crippen molar-refractivity contribution in [1.82, 2.24) is 10.6 Å². The topological polar surface area (TPSA) is 128 Å².